The predicted molar refractivity (Wildman–Crippen MR) is 232 cm³/mol. The van der Waals surface area contributed by atoms with Gasteiger partial charge in [0.2, 0.25) is 0 Å². The summed E-state index contributed by atoms with van der Waals surface area (Å²) in [5, 5.41) is 0. The molecule has 0 unspecified atom stereocenters. The highest BCUT2D eigenvalue weighted by Crippen LogP contribution is 2.34. The zero-order chi connectivity index (χ0) is 36.5. The zero-order valence-corrected chi connectivity index (χ0v) is 30.3. The average Bonchev–Trinajstić information content (AvgIpc) is 3.55. The molecule has 0 radical (unpaired) electrons. The molecule has 0 aromatic heterocycles. The van der Waals surface area contributed by atoms with Crippen molar-refractivity contribution in [3.63, 3.8) is 0 Å². The SMILES string of the molecule is C=N/C(=C\Cc1cc(-c2ccccc2)cc(-c2ccc(-c3ccccc3)cc2)c1)c1cc(-c2ccccc2)cc(-c2ccc(C3=CC=CC=CC3)cc2)c1. The Morgan fingerprint density at radius 3 is 1.37 bits per heavy atom. The summed E-state index contributed by atoms with van der Waals surface area (Å²) in [5.41, 5.74) is 17.5. The van der Waals surface area contributed by atoms with E-state index in [9.17, 15) is 0 Å². The van der Waals surface area contributed by atoms with Crippen LogP contribution in [0.3, 0.4) is 0 Å². The summed E-state index contributed by atoms with van der Waals surface area (Å²) in [4.78, 5) is 4.62. The summed E-state index contributed by atoms with van der Waals surface area (Å²) >= 11 is 0. The number of hydrogen-bond donors (Lipinski definition) is 0. The van der Waals surface area contributed by atoms with Crippen LogP contribution in [0.25, 0.3) is 66.9 Å². The van der Waals surface area contributed by atoms with E-state index >= 15 is 0 Å². The van der Waals surface area contributed by atoms with Crippen LogP contribution in [0.5, 0.6) is 0 Å². The largest absolute Gasteiger partial charge is 0.264 e. The van der Waals surface area contributed by atoms with Crippen molar-refractivity contribution in [3.05, 3.63) is 229 Å². The van der Waals surface area contributed by atoms with Crippen LogP contribution < -0.4 is 0 Å². The summed E-state index contributed by atoms with van der Waals surface area (Å²) in [5.74, 6) is 0. The highest BCUT2D eigenvalue weighted by Gasteiger charge is 2.11. The summed E-state index contributed by atoms with van der Waals surface area (Å²) in [6.07, 6.45) is 14.6. The fraction of sp³-hybridized carbons (Fsp3) is 0.0377. The van der Waals surface area contributed by atoms with Gasteiger partial charge >= 0.3 is 0 Å². The number of aliphatic imine (C=N–C) groups is 1. The molecule has 0 heterocycles. The van der Waals surface area contributed by atoms with Crippen LogP contribution in [0, 0.1) is 0 Å². The fourth-order valence-electron chi connectivity index (χ4n) is 7.16. The minimum Gasteiger partial charge on any atom is -0.264 e. The minimum atomic E-state index is 0.710. The standard InChI is InChI=1S/C53H41N/c1-54-53(52-37-50(43-21-13-6-14-22-43)36-51(38-52)47-30-26-45(27-31-47)40-15-7-2-3-8-16-40)32-23-39-33-48(42-19-11-5-12-20-42)35-49(34-39)46-28-24-44(25-29-46)41-17-9-4-10-18-41/h2-15,17-22,24-38H,1,16,23H2/b53-32-. The van der Waals surface area contributed by atoms with Gasteiger partial charge < -0.3 is 0 Å². The van der Waals surface area contributed by atoms with Gasteiger partial charge in [-0.05, 0) is 116 Å². The highest BCUT2D eigenvalue weighted by molar-refractivity contribution is 5.82. The van der Waals surface area contributed by atoms with Crippen molar-refractivity contribution in [2.45, 2.75) is 12.8 Å². The van der Waals surface area contributed by atoms with Gasteiger partial charge in [0.15, 0.2) is 0 Å². The van der Waals surface area contributed by atoms with Gasteiger partial charge in [-0.1, -0.05) is 188 Å². The normalized spacial score (nSPS) is 12.6. The lowest BCUT2D eigenvalue weighted by Crippen LogP contribution is -1.92. The zero-order valence-electron chi connectivity index (χ0n) is 30.3. The maximum absolute atomic E-state index is 4.62. The first-order valence-electron chi connectivity index (χ1n) is 18.6. The lowest BCUT2D eigenvalue weighted by atomic mass is 9.92. The molecule has 0 spiro atoms. The Hall–Kier alpha value is -6.83. The molecule has 1 heteroatoms. The van der Waals surface area contributed by atoms with E-state index in [4.69, 9.17) is 0 Å². The van der Waals surface area contributed by atoms with E-state index in [1.54, 1.807) is 0 Å². The molecule has 0 saturated carbocycles. The molecule has 0 fully saturated rings. The lowest BCUT2D eigenvalue weighted by molar-refractivity contribution is 1.26. The van der Waals surface area contributed by atoms with Crippen molar-refractivity contribution in [2.24, 2.45) is 4.99 Å². The molecule has 8 rings (SSSR count). The van der Waals surface area contributed by atoms with Gasteiger partial charge in [0, 0.05) is 5.56 Å². The van der Waals surface area contributed by atoms with Gasteiger partial charge in [-0.25, -0.2) is 0 Å². The second kappa shape index (κ2) is 16.2. The molecule has 54 heavy (non-hydrogen) atoms. The van der Waals surface area contributed by atoms with E-state index in [0.717, 1.165) is 28.8 Å². The van der Waals surface area contributed by atoms with Crippen molar-refractivity contribution >= 4 is 18.0 Å². The van der Waals surface area contributed by atoms with Crippen molar-refractivity contribution in [2.75, 3.05) is 0 Å². The molecule has 0 atom stereocenters. The molecule has 258 valence electrons. The van der Waals surface area contributed by atoms with Gasteiger partial charge in [0.05, 0.1) is 5.70 Å². The molecule has 0 saturated heterocycles. The molecule has 1 nitrogen and oxygen atoms in total. The Bertz CT molecular complexity index is 2500. The van der Waals surface area contributed by atoms with Gasteiger partial charge in [-0.2, -0.15) is 0 Å². The summed E-state index contributed by atoms with van der Waals surface area (Å²) < 4.78 is 0. The van der Waals surface area contributed by atoms with Crippen LogP contribution in [0.4, 0.5) is 0 Å². The van der Waals surface area contributed by atoms with E-state index < -0.39 is 0 Å². The van der Waals surface area contributed by atoms with E-state index in [1.165, 1.54) is 61.2 Å². The first-order valence-corrected chi connectivity index (χ1v) is 18.6. The van der Waals surface area contributed by atoms with Crippen molar-refractivity contribution < 1.29 is 0 Å². The predicted octanol–water partition coefficient (Wildman–Crippen LogP) is 14.2. The minimum absolute atomic E-state index is 0.710. The average molecular weight is 692 g/mol. The summed E-state index contributed by atoms with van der Waals surface area (Å²) in [7, 11) is 0. The van der Waals surface area contributed by atoms with Crippen LogP contribution in [0.2, 0.25) is 0 Å². The Labute approximate surface area is 319 Å². The first kappa shape index (κ1) is 34.3. The topological polar surface area (TPSA) is 12.4 Å². The third-order valence-electron chi connectivity index (χ3n) is 10.0. The van der Waals surface area contributed by atoms with E-state index in [-0.39, 0.29) is 0 Å². The third kappa shape index (κ3) is 7.97. The molecule has 7 aromatic rings. The number of benzene rings is 7. The molecule has 1 aliphatic carbocycles. The maximum atomic E-state index is 4.62. The Morgan fingerprint density at radius 2 is 0.870 bits per heavy atom. The van der Waals surface area contributed by atoms with Crippen LogP contribution in [0.1, 0.15) is 23.1 Å². The molecular formula is C53H41N. The fourth-order valence-corrected chi connectivity index (χ4v) is 7.16. The summed E-state index contributed by atoms with van der Waals surface area (Å²) in [6.45, 7) is 4.05. The van der Waals surface area contributed by atoms with Gasteiger partial charge in [-0.15, -0.1) is 0 Å². The van der Waals surface area contributed by atoms with E-state index in [1.807, 2.05) is 0 Å². The van der Waals surface area contributed by atoms with Gasteiger partial charge in [0.1, 0.15) is 0 Å². The van der Waals surface area contributed by atoms with Crippen LogP contribution >= 0.6 is 0 Å². The van der Waals surface area contributed by atoms with E-state index in [0.29, 0.717) is 6.42 Å². The smallest absolute Gasteiger partial charge is 0.0658 e. The third-order valence-corrected chi connectivity index (χ3v) is 10.0. The van der Waals surface area contributed by atoms with Crippen LogP contribution in [-0.2, 0) is 6.42 Å². The second-order valence-electron chi connectivity index (χ2n) is 13.6. The summed E-state index contributed by atoms with van der Waals surface area (Å²) in [6, 6.07) is 63.2. The molecule has 0 N–H and O–H groups in total. The van der Waals surface area contributed by atoms with E-state index in [2.05, 4.69) is 224 Å². The van der Waals surface area contributed by atoms with Crippen molar-refractivity contribution in [3.8, 4) is 55.6 Å². The highest BCUT2D eigenvalue weighted by atomic mass is 14.7. The van der Waals surface area contributed by atoms with Crippen molar-refractivity contribution in [1.29, 1.82) is 0 Å². The number of allylic oxidation sites excluding steroid dienone is 7. The quantitative estimate of drug-likeness (QED) is 0.127. The lowest BCUT2D eigenvalue weighted by Gasteiger charge is -2.13. The monoisotopic (exact) mass is 691 g/mol. The number of nitrogens with zero attached hydrogens (tertiary/aromatic N) is 1. The Morgan fingerprint density at radius 1 is 0.444 bits per heavy atom. The maximum Gasteiger partial charge on any atom is 0.0658 e. The molecule has 0 aliphatic heterocycles. The number of hydrogen-bond acceptors (Lipinski definition) is 1. The van der Waals surface area contributed by atoms with Crippen molar-refractivity contribution in [1.82, 2.24) is 0 Å². The van der Waals surface area contributed by atoms with Gasteiger partial charge in [0.25, 0.3) is 0 Å². The molecular weight excluding hydrogens is 651 g/mol. The molecule has 1 aliphatic rings. The Balaban J connectivity index is 1.15. The molecule has 7 aromatic carbocycles. The van der Waals surface area contributed by atoms with Crippen LogP contribution in [0.15, 0.2) is 217 Å². The second-order valence-corrected chi connectivity index (χ2v) is 13.6. The Kier molecular flexibility index (Phi) is 10.3. The molecule has 0 amide bonds. The van der Waals surface area contributed by atoms with Crippen LogP contribution in [-0.4, -0.2) is 6.72 Å². The number of rotatable bonds is 10. The van der Waals surface area contributed by atoms with Gasteiger partial charge in [-0.3, -0.25) is 4.99 Å². The molecule has 0 bridgehead atoms. The first-order chi connectivity index (χ1) is 26.7.